The molecule has 0 unspecified atom stereocenters. The van der Waals surface area contributed by atoms with Gasteiger partial charge in [0.15, 0.2) is 6.29 Å². The van der Waals surface area contributed by atoms with Crippen LogP contribution in [0.1, 0.15) is 21.5 Å². The lowest BCUT2D eigenvalue weighted by molar-refractivity contribution is 0.112. The SMILES string of the molecule is N#Cc1ccc(CBr)cc1C=O. The molecule has 0 saturated carbocycles. The van der Waals surface area contributed by atoms with Crippen LogP contribution >= 0.6 is 15.9 Å². The normalized spacial score (nSPS) is 9.00. The Bertz CT molecular complexity index is 341. The largest absolute Gasteiger partial charge is 0.298 e. The van der Waals surface area contributed by atoms with Crippen molar-refractivity contribution in [1.29, 1.82) is 5.26 Å². The van der Waals surface area contributed by atoms with E-state index >= 15 is 0 Å². The van der Waals surface area contributed by atoms with Gasteiger partial charge in [-0.3, -0.25) is 4.79 Å². The van der Waals surface area contributed by atoms with Crippen LogP contribution in [0.2, 0.25) is 0 Å². The van der Waals surface area contributed by atoms with Gasteiger partial charge in [-0.05, 0) is 17.7 Å². The van der Waals surface area contributed by atoms with Crippen LogP contribution in [0.5, 0.6) is 0 Å². The van der Waals surface area contributed by atoms with E-state index in [1.165, 1.54) is 0 Å². The number of nitriles is 1. The van der Waals surface area contributed by atoms with Gasteiger partial charge >= 0.3 is 0 Å². The average Bonchev–Trinajstić information content (AvgIpc) is 2.16. The summed E-state index contributed by atoms with van der Waals surface area (Å²) >= 11 is 3.27. The van der Waals surface area contributed by atoms with E-state index < -0.39 is 0 Å². The maximum atomic E-state index is 10.5. The highest BCUT2D eigenvalue weighted by Crippen LogP contribution is 2.11. The topological polar surface area (TPSA) is 40.9 Å². The highest BCUT2D eigenvalue weighted by Gasteiger charge is 2.00. The molecule has 0 spiro atoms. The van der Waals surface area contributed by atoms with Crippen molar-refractivity contribution < 1.29 is 4.79 Å². The number of aldehydes is 1. The van der Waals surface area contributed by atoms with Gasteiger partial charge in [0.2, 0.25) is 0 Å². The quantitative estimate of drug-likeness (QED) is 0.571. The van der Waals surface area contributed by atoms with E-state index in [-0.39, 0.29) is 0 Å². The summed E-state index contributed by atoms with van der Waals surface area (Å²) in [4.78, 5) is 10.5. The molecule has 0 aromatic heterocycles. The third kappa shape index (κ3) is 1.72. The molecule has 0 saturated heterocycles. The molecule has 1 aromatic rings. The molecule has 0 fully saturated rings. The molecule has 0 aliphatic heterocycles. The fourth-order valence-corrected chi connectivity index (χ4v) is 1.24. The van der Waals surface area contributed by atoms with Crippen LogP contribution in [0, 0.1) is 11.3 Å². The Morgan fingerprint density at radius 2 is 2.33 bits per heavy atom. The van der Waals surface area contributed by atoms with Crippen molar-refractivity contribution in [2.75, 3.05) is 0 Å². The van der Waals surface area contributed by atoms with Crippen LogP contribution in [0.15, 0.2) is 18.2 Å². The second-order valence-corrected chi connectivity index (χ2v) is 2.85. The number of hydrogen-bond acceptors (Lipinski definition) is 2. The Morgan fingerprint density at radius 3 is 2.83 bits per heavy atom. The molecule has 0 N–H and O–H groups in total. The van der Waals surface area contributed by atoms with Crippen molar-refractivity contribution >= 4 is 22.2 Å². The van der Waals surface area contributed by atoms with E-state index in [9.17, 15) is 4.79 Å². The molecule has 0 bridgehead atoms. The van der Waals surface area contributed by atoms with Crippen LogP contribution in [0.25, 0.3) is 0 Å². The predicted molar refractivity (Wildman–Crippen MR) is 49.2 cm³/mol. The van der Waals surface area contributed by atoms with Gasteiger partial charge in [0, 0.05) is 10.9 Å². The zero-order chi connectivity index (χ0) is 8.97. The Labute approximate surface area is 78.9 Å². The second-order valence-electron chi connectivity index (χ2n) is 2.28. The summed E-state index contributed by atoms with van der Waals surface area (Å²) < 4.78 is 0. The molecule has 3 heteroatoms. The molecule has 0 heterocycles. The molecule has 0 atom stereocenters. The van der Waals surface area contributed by atoms with Crippen molar-refractivity contribution in [2.24, 2.45) is 0 Å². The van der Waals surface area contributed by atoms with Crippen LogP contribution in [-0.4, -0.2) is 6.29 Å². The van der Waals surface area contributed by atoms with Gasteiger partial charge in [-0.1, -0.05) is 22.0 Å². The van der Waals surface area contributed by atoms with Crippen molar-refractivity contribution in [3.8, 4) is 6.07 Å². The van der Waals surface area contributed by atoms with Gasteiger partial charge in [-0.25, -0.2) is 0 Å². The minimum absolute atomic E-state index is 0.426. The predicted octanol–water partition coefficient (Wildman–Crippen LogP) is 2.27. The number of carbonyl (C=O) groups is 1. The first kappa shape index (κ1) is 8.95. The summed E-state index contributed by atoms with van der Waals surface area (Å²) in [6.07, 6.45) is 0.699. The fraction of sp³-hybridized carbons (Fsp3) is 0.111. The minimum Gasteiger partial charge on any atom is -0.298 e. The van der Waals surface area contributed by atoms with Gasteiger partial charge < -0.3 is 0 Å². The van der Waals surface area contributed by atoms with Crippen molar-refractivity contribution in [3.63, 3.8) is 0 Å². The maximum absolute atomic E-state index is 10.5. The number of nitrogens with zero attached hydrogens (tertiary/aromatic N) is 1. The average molecular weight is 224 g/mol. The third-order valence-corrected chi connectivity index (χ3v) is 2.17. The summed E-state index contributed by atoms with van der Waals surface area (Å²) in [5, 5.41) is 9.29. The molecule has 2 nitrogen and oxygen atoms in total. The zero-order valence-corrected chi connectivity index (χ0v) is 7.84. The molecule has 0 aliphatic rings. The summed E-state index contributed by atoms with van der Waals surface area (Å²) in [5.41, 5.74) is 1.88. The molecule has 1 aromatic carbocycles. The minimum atomic E-state index is 0.426. The summed E-state index contributed by atoms with van der Waals surface area (Å²) in [5.74, 6) is 0. The summed E-state index contributed by atoms with van der Waals surface area (Å²) in [7, 11) is 0. The van der Waals surface area contributed by atoms with Crippen molar-refractivity contribution in [1.82, 2.24) is 0 Å². The molecule has 1 rings (SSSR count). The zero-order valence-electron chi connectivity index (χ0n) is 6.25. The van der Waals surface area contributed by atoms with Crippen molar-refractivity contribution in [2.45, 2.75) is 5.33 Å². The summed E-state index contributed by atoms with van der Waals surface area (Å²) in [6.45, 7) is 0. The lowest BCUT2D eigenvalue weighted by atomic mass is 10.1. The van der Waals surface area contributed by atoms with Crippen molar-refractivity contribution in [3.05, 3.63) is 34.9 Å². The van der Waals surface area contributed by atoms with Crippen LogP contribution < -0.4 is 0 Å². The number of hydrogen-bond donors (Lipinski definition) is 0. The Morgan fingerprint density at radius 1 is 1.58 bits per heavy atom. The molecular weight excluding hydrogens is 218 g/mol. The van der Waals surface area contributed by atoms with Gasteiger partial charge in [-0.15, -0.1) is 0 Å². The number of rotatable bonds is 2. The van der Waals surface area contributed by atoms with Gasteiger partial charge in [0.25, 0.3) is 0 Å². The molecular formula is C9H6BrNO. The first-order valence-electron chi connectivity index (χ1n) is 3.36. The Hall–Kier alpha value is -1.14. The van der Waals surface area contributed by atoms with E-state index in [1.807, 2.05) is 12.1 Å². The third-order valence-electron chi connectivity index (χ3n) is 1.52. The van der Waals surface area contributed by atoms with Gasteiger partial charge in [0.05, 0.1) is 11.6 Å². The van der Waals surface area contributed by atoms with Crippen LogP contribution in [0.4, 0.5) is 0 Å². The second kappa shape index (κ2) is 4.03. The van der Waals surface area contributed by atoms with Crippen LogP contribution in [0.3, 0.4) is 0 Å². The monoisotopic (exact) mass is 223 g/mol. The maximum Gasteiger partial charge on any atom is 0.151 e. The molecule has 0 radical (unpaired) electrons. The van der Waals surface area contributed by atoms with E-state index in [0.717, 1.165) is 5.56 Å². The standard InChI is InChI=1S/C9H6BrNO/c10-4-7-1-2-8(5-11)9(3-7)6-12/h1-3,6H,4H2. The van der Waals surface area contributed by atoms with E-state index in [1.54, 1.807) is 12.1 Å². The fourth-order valence-electron chi connectivity index (χ4n) is 0.895. The van der Waals surface area contributed by atoms with E-state index in [4.69, 9.17) is 5.26 Å². The van der Waals surface area contributed by atoms with Gasteiger partial charge in [-0.2, -0.15) is 5.26 Å². The van der Waals surface area contributed by atoms with Gasteiger partial charge in [0.1, 0.15) is 0 Å². The van der Waals surface area contributed by atoms with Crippen LogP contribution in [-0.2, 0) is 5.33 Å². The first-order valence-corrected chi connectivity index (χ1v) is 4.48. The molecule has 12 heavy (non-hydrogen) atoms. The molecule has 0 aliphatic carbocycles. The first-order chi connectivity index (χ1) is 5.81. The smallest absolute Gasteiger partial charge is 0.151 e. The highest BCUT2D eigenvalue weighted by atomic mass is 79.9. The van der Waals surface area contributed by atoms with E-state index in [2.05, 4.69) is 15.9 Å². The number of halogens is 1. The number of carbonyl (C=O) groups excluding carboxylic acids is 1. The molecule has 0 amide bonds. The lowest BCUT2D eigenvalue weighted by Crippen LogP contribution is -1.89. The Kier molecular flexibility index (Phi) is 3.01. The summed E-state index contributed by atoms with van der Waals surface area (Å²) in [6, 6.07) is 7.13. The number of benzene rings is 1. The number of alkyl halides is 1. The highest BCUT2D eigenvalue weighted by molar-refractivity contribution is 9.08. The Balaban J connectivity index is 3.21. The molecule has 60 valence electrons. The van der Waals surface area contributed by atoms with E-state index in [0.29, 0.717) is 22.7 Å². The lowest BCUT2D eigenvalue weighted by Gasteiger charge is -1.97.